The first-order valence-corrected chi connectivity index (χ1v) is 6.37. The molecule has 1 aliphatic rings. The molecule has 3 rings (SSSR count). The topological polar surface area (TPSA) is 29.9 Å². The summed E-state index contributed by atoms with van der Waals surface area (Å²) in [6.45, 7) is 2.38. The Bertz CT molecular complexity index is 603. The molecule has 100 valence electrons. The highest BCUT2D eigenvalue weighted by molar-refractivity contribution is 5.32. The van der Waals surface area contributed by atoms with E-state index < -0.39 is 11.6 Å². The van der Waals surface area contributed by atoms with Gasteiger partial charge < -0.3 is 9.88 Å². The second-order valence-corrected chi connectivity index (χ2v) is 4.95. The molecule has 0 saturated heterocycles. The van der Waals surface area contributed by atoms with Crippen LogP contribution in [0.4, 0.5) is 14.7 Å². The van der Waals surface area contributed by atoms with Crippen molar-refractivity contribution in [3.8, 4) is 0 Å². The Balaban J connectivity index is 1.73. The minimum Gasteiger partial charge on any atom is -0.352 e. The Morgan fingerprint density at radius 2 is 2.11 bits per heavy atom. The monoisotopic (exact) mass is 263 g/mol. The third-order valence-corrected chi connectivity index (χ3v) is 3.23. The average molecular weight is 263 g/mol. The summed E-state index contributed by atoms with van der Waals surface area (Å²) in [7, 11) is 0. The van der Waals surface area contributed by atoms with Gasteiger partial charge in [-0.1, -0.05) is 6.07 Å². The first-order valence-electron chi connectivity index (χ1n) is 6.37. The van der Waals surface area contributed by atoms with E-state index in [-0.39, 0.29) is 0 Å². The van der Waals surface area contributed by atoms with E-state index in [1.54, 1.807) is 6.07 Å². The minimum atomic E-state index is -0.820. The molecular formula is C14H15F2N3. The number of aryl methyl sites for hydroxylation is 1. The zero-order chi connectivity index (χ0) is 13.4. The summed E-state index contributed by atoms with van der Waals surface area (Å²) in [5, 5.41) is 3.18. The van der Waals surface area contributed by atoms with Crippen molar-refractivity contribution in [3.63, 3.8) is 0 Å². The molecule has 3 nitrogen and oxygen atoms in total. The highest BCUT2D eigenvalue weighted by Gasteiger charge is 2.26. The van der Waals surface area contributed by atoms with E-state index in [0.717, 1.165) is 17.7 Å². The van der Waals surface area contributed by atoms with Gasteiger partial charge in [-0.25, -0.2) is 13.8 Å². The number of aromatic nitrogens is 2. The Hall–Kier alpha value is -1.91. The Morgan fingerprint density at radius 3 is 2.79 bits per heavy atom. The zero-order valence-electron chi connectivity index (χ0n) is 10.7. The fourth-order valence-electron chi connectivity index (χ4n) is 2.11. The van der Waals surface area contributed by atoms with Crippen LogP contribution >= 0.6 is 0 Å². The van der Waals surface area contributed by atoms with E-state index in [1.807, 2.05) is 13.1 Å². The van der Waals surface area contributed by atoms with Crippen LogP contribution in [0.25, 0.3) is 0 Å². The van der Waals surface area contributed by atoms with E-state index in [2.05, 4.69) is 14.9 Å². The van der Waals surface area contributed by atoms with Gasteiger partial charge in [0.2, 0.25) is 5.95 Å². The van der Waals surface area contributed by atoms with Gasteiger partial charge in [0.15, 0.2) is 11.6 Å². The van der Waals surface area contributed by atoms with Crippen molar-refractivity contribution >= 4 is 5.95 Å². The number of hydrogen-bond donors (Lipinski definition) is 1. The predicted molar refractivity (Wildman–Crippen MR) is 68.9 cm³/mol. The number of rotatable bonds is 4. The van der Waals surface area contributed by atoms with Gasteiger partial charge in [0.1, 0.15) is 0 Å². The summed E-state index contributed by atoms with van der Waals surface area (Å²) in [6, 6.07) is 4.46. The fraction of sp³-hybridized carbons (Fsp3) is 0.357. The van der Waals surface area contributed by atoms with Gasteiger partial charge in [0.25, 0.3) is 0 Å². The molecule has 1 saturated carbocycles. The highest BCUT2D eigenvalue weighted by atomic mass is 19.2. The lowest BCUT2D eigenvalue weighted by atomic mass is 10.2. The fourth-order valence-corrected chi connectivity index (χ4v) is 2.11. The van der Waals surface area contributed by atoms with Crippen LogP contribution in [-0.2, 0) is 6.54 Å². The molecule has 5 heteroatoms. The van der Waals surface area contributed by atoms with Crippen LogP contribution in [0, 0.1) is 18.6 Å². The van der Waals surface area contributed by atoms with Gasteiger partial charge in [0.05, 0.1) is 5.69 Å². The van der Waals surface area contributed by atoms with Gasteiger partial charge in [-0.05, 0) is 37.5 Å². The molecule has 1 N–H and O–H groups in total. The van der Waals surface area contributed by atoms with E-state index in [1.165, 1.54) is 18.9 Å². The third kappa shape index (κ3) is 2.59. The Labute approximate surface area is 110 Å². The highest BCUT2D eigenvalue weighted by Crippen LogP contribution is 2.37. The lowest BCUT2D eigenvalue weighted by Crippen LogP contribution is -2.06. The molecule has 0 atom stereocenters. The maximum atomic E-state index is 13.1. The van der Waals surface area contributed by atoms with Crippen LogP contribution in [0.15, 0.2) is 24.4 Å². The number of halogens is 2. The van der Waals surface area contributed by atoms with Crippen LogP contribution in [0.2, 0.25) is 0 Å². The summed E-state index contributed by atoms with van der Waals surface area (Å²) in [4.78, 5) is 4.41. The number of imidazole rings is 1. The molecule has 0 amide bonds. The van der Waals surface area contributed by atoms with Crippen molar-refractivity contribution in [2.45, 2.75) is 32.4 Å². The molecule has 0 bridgehead atoms. The lowest BCUT2D eigenvalue weighted by Gasteiger charge is -2.08. The summed E-state index contributed by atoms with van der Waals surface area (Å²) in [5.41, 5.74) is 1.65. The second-order valence-electron chi connectivity index (χ2n) is 4.95. The van der Waals surface area contributed by atoms with Gasteiger partial charge >= 0.3 is 0 Å². The molecule has 2 aromatic rings. The summed E-state index contributed by atoms with van der Waals surface area (Å²) in [6.07, 6.45) is 4.37. The van der Waals surface area contributed by atoms with E-state index >= 15 is 0 Å². The predicted octanol–water partition coefficient (Wildman–Crippen LogP) is 3.42. The number of nitrogens with one attached hydrogen (secondary N) is 1. The normalized spacial score (nSPS) is 14.7. The molecule has 1 aliphatic carbocycles. The molecular weight excluding hydrogens is 248 g/mol. The maximum absolute atomic E-state index is 13.1. The summed E-state index contributed by atoms with van der Waals surface area (Å²) >= 11 is 0. The zero-order valence-corrected chi connectivity index (χ0v) is 10.7. The first-order chi connectivity index (χ1) is 9.13. The standard InChI is InChI=1S/C14H15F2N3/c1-9-8-19(11-3-4-11)14(18-9)17-7-10-2-5-12(15)13(16)6-10/h2,5-6,8,11H,3-4,7H2,1H3,(H,17,18). The van der Waals surface area contributed by atoms with Gasteiger partial charge in [-0.3, -0.25) is 0 Å². The Morgan fingerprint density at radius 1 is 1.32 bits per heavy atom. The first kappa shape index (κ1) is 12.1. The van der Waals surface area contributed by atoms with Crippen LogP contribution in [0.3, 0.4) is 0 Å². The minimum absolute atomic E-state index is 0.431. The van der Waals surface area contributed by atoms with Crippen molar-refractivity contribution in [1.29, 1.82) is 0 Å². The Kier molecular flexibility index (Phi) is 2.97. The molecule has 0 radical (unpaired) electrons. The lowest BCUT2D eigenvalue weighted by molar-refractivity contribution is 0.507. The SMILES string of the molecule is Cc1cn(C2CC2)c(NCc2ccc(F)c(F)c2)n1. The smallest absolute Gasteiger partial charge is 0.203 e. The summed E-state index contributed by atoms with van der Waals surface area (Å²) < 4.78 is 28.1. The van der Waals surface area contributed by atoms with Crippen LogP contribution in [0.1, 0.15) is 30.1 Å². The van der Waals surface area contributed by atoms with Gasteiger partial charge in [-0.15, -0.1) is 0 Å². The van der Waals surface area contributed by atoms with Crippen molar-refractivity contribution < 1.29 is 8.78 Å². The van der Waals surface area contributed by atoms with E-state index in [0.29, 0.717) is 18.2 Å². The molecule has 0 unspecified atom stereocenters. The summed E-state index contributed by atoms with van der Waals surface area (Å²) in [5.74, 6) is -0.843. The van der Waals surface area contributed by atoms with Crippen molar-refractivity contribution in [2.75, 3.05) is 5.32 Å². The van der Waals surface area contributed by atoms with E-state index in [4.69, 9.17) is 0 Å². The number of anilines is 1. The number of nitrogens with zero attached hydrogens (tertiary/aromatic N) is 2. The van der Waals surface area contributed by atoms with E-state index in [9.17, 15) is 8.78 Å². The van der Waals surface area contributed by atoms with Crippen LogP contribution in [-0.4, -0.2) is 9.55 Å². The van der Waals surface area contributed by atoms with Crippen molar-refractivity contribution in [2.24, 2.45) is 0 Å². The molecule has 1 aromatic heterocycles. The van der Waals surface area contributed by atoms with Crippen molar-refractivity contribution in [1.82, 2.24) is 9.55 Å². The van der Waals surface area contributed by atoms with Gasteiger partial charge in [0, 0.05) is 18.8 Å². The molecule has 1 aromatic carbocycles. The second kappa shape index (κ2) is 4.64. The quantitative estimate of drug-likeness (QED) is 0.916. The average Bonchev–Trinajstić information content (AvgIpc) is 3.15. The molecule has 0 aliphatic heterocycles. The third-order valence-electron chi connectivity index (χ3n) is 3.23. The largest absolute Gasteiger partial charge is 0.352 e. The molecule has 1 heterocycles. The number of benzene rings is 1. The molecule has 19 heavy (non-hydrogen) atoms. The molecule has 0 spiro atoms. The maximum Gasteiger partial charge on any atom is 0.203 e. The van der Waals surface area contributed by atoms with Crippen LogP contribution < -0.4 is 5.32 Å². The molecule has 1 fully saturated rings. The van der Waals surface area contributed by atoms with Gasteiger partial charge in [-0.2, -0.15) is 0 Å². The number of hydrogen-bond acceptors (Lipinski definition) is 2. The van der Waals surface area contributed by atoms with Crippen LogP contribution in [0.5, 0.6) is 0 Å². The van der Waals surface area contributed by atoms with Crippen molar-refractivity contribution in [3.05, 3.63) is 47.3 Å².